The van der Waals surface area contributed by atoms with E-state index in [2.05, 4.69) is 9.98 Å². The fourth-order valence-corrected chi connectivity index (χ4v) is 2.29. The molecule has 0 bridgehead atoms. The number of rotatable bonds is 7. The van der Waals surface area contributed by atoms with Crippen LogP contribution in [0.5, 0.6) is 5.75 Å². The van der Waals surface area contributed by atoms with E-state index in [1.807, 2.05) is 13.8 Å². The SMILES string of the molecule is Br.COC(=O)c1ccccc1OCCCON1C(N)=NC(N)=NC1(C)C. The highest BCUT2D eigenvalue weighted by atomic mass is 79.9. The van der Waals surface area contributed by atoms with Gasteiger partial charge >= 0.3 is 5.97 Å². The molecule has 0 atom stereocenters. The number of methoxy groups -OCH3 is 1. The zero-order chi connectivity index (χ0) is 18.4. The fraction of sp³-hybridized carbons (Fsp3) is 0.438. The Kier molecular flexibility index (Phi) is 7.84. The van der Waals surface area contributed by atoms with Gasteiger partial charge in [-0.1, -0.05) is 12.1 Å². The molecule has 0 fully saturated rings. The molecule has 9 nitrogen and oxygen atoms in total. The molecule has 0 aliphatic carbocycles. The Bertz CT molecular complexity index is 693. The van der Waals surface area contributed by atoms with Crippen LogP contribution in [0.2, 0.25) is 0 Å². The summed E-state index contributed by atoms with van der Waals surface area (Å²) in [5.41, 5.74) is 11.1. The summed E-state index contributed by atoms with van der Waals surface area (Å²) in [4.78, 5) is 25.4. The summed E-state index contributed by atoms with van der Waals surface area (Å²) < 4.78 is 10.4. The van der Waals surface area contributed by atoms with E-state index in [-0.39, 0.29) is 28.9 Å². The number of ether oxygens (including phenoxy) is 2. The molecular weight excluding hydrogens is 406 g/mol. The molecule has 1 aliphatic rings. The lowest BCUT2D eigenvalue weighted by molar-refractivity contribution is -0.158. The molecule has 144 valence electrons. The Hall–Kier alpha value is -2.33. The van der Waals surface area contributed by atoms with Gasteiger partial charge in [-0.05, 0) is 26.0 Å². The molecule has 1 heterocycles. The highest BCUT2D eigenvalue weighted by molar-refractivity contribution is 8.93. The van der Waals surface area contributed by atoms with Crippen molar-refractivity contribution >= 4 is 34.9 Å². The third-order valence-electron chi connectivity index (χ3n) is 3.38. The number of hydrogen-bond donors (Lipinski definition) is 2. The predicted octanol–water partition coefficient (Wildman–Crippen LogP) is 1.43. The number of guanidine groups is 2. The minimum atomic E-state index is -0.742. The van der Waals surface area contributed by atoms with Gasteiger partial charge in [-0.25, -0.2) is 9.79 Å². The normalized spacial score (nSPS) is 15.4. The van der Waals surface area contributed by atoms with Gasteiger partial charge in [0.15, 0.2) is 5.66 Å². The van der Waals surface area contributed by atoms with Gasteiger partial charge in [0.2, 0.25) is 11.9 Å². The van der Waals surface area contributed by atoms with Crippen molar-refractivity contribution < 1.29 is 19.1 Å². The molecule has 1 aromatic carbocycles. The number of esters is 1. The van der Waals surface area contributed by atoms with Gasteiger partial charge in [0.05, 0.1) is 20.3 Å². The molecule has 4 N–H and O–H groups in total. The first-order valence-electron chi connectivity index (χ1n) is 7.78. The van der Waals surface area contributed by atoms with Crippen LogP contribution in [0, 0.1) is 0 Å². The summed E-state index contributed by atoms with van der Waals surface area (Å²) in [7, 11) is 1.33. The number of halogens is 1. The molecule has 26 heavy (non-hydrogen) atoms. The van der Waals surface area contributed by atoms with Crippen LogP contribution in [0.25, 0.3) is 0 Å². The predicted molar refractivity (Wildman–Crippen MR) is 103 cm³/mol. The standard InChI is InChI=1S/C16H23N5O4.BrH/c1-16(2)20-14(17)19-15(18)21(16)25-10-6-9-24-12-8-5-4-7-11(12)13(22)23-3;/h4-5,7-8H,6,9-10H2,1-3H3,(H4,17,18,19,20);1H. The second-order valence-electron chi connectivity index (χ2n) is 5.75. The van der Waals surface area contributed by atoms with E-state index in [1.165, 1.54) is 12.2 Å². The number of para-hydroxylation sites is 1. The lowest BCUT2D eigenvalue weighted by atomic mass is 10.2. The minimum absolute atomic E-state index is 0. The lowest BCUT2D eigenvalue weighted by Gasteiger charge is -2.36. The van der Waals surface area contributed by atoms with E-state index in [1.54, 1.807) is 24.3 Å². The van der Waals surface area contributed by atoms with Crippen LogP contribution in [0.1, 0.15) is 30.6 Å². The minimum Gasteiger partial charge on any atom is -0.493 e. The van der Waals surface area contributed by atoms with Crippen LogP contribution in [-0.4, -0.2) is 48.9 Å². The number of hydrogen-bond acceptors (Lipinski definition) is 9. The highest BCUT2D eigenvalue weighted by Gasteiger charge is 2.32. The maximum atomic E-state index is 11.7. The van der Waals surface area contributed by atoms with Crippen LogP contribution in [0.3, 0.4) is 0 Å². The summed E-state index contributed by atoms with van der Waals surface area (Å²) >= 11 is 0. The zero-order valence-corrected chi connectivity index (χ0v) is 16.7. The van der Waals surface area contributed by atoms with E-state index in [4.69, 9.17) is 25.8 Å². The second-order valence-corrected chi connectivity index (χ2v) is 5.75. The summed E-state index contributed by atoms with van der Waals surface area (Å²) in [5, 5.41) is 1.41. The van der Waals surface area contributed by atoms with Crippen molar-refractivity contribution in [2.75, 3.05) is 20.3 Å². The summed E-state index contributed by atoms with van der Waals surface area (Å²) in [5.74, 6) is 0.284. The van der Waals surface area contributed by atoms with Gasteiger partial charge in [-0.15, -0.1) is 17.0 Å². The van der Waals surface area contributed by atoms with Crippen molar-refractivity contribution in [3.05, 3.63) is 29.8 Å². The molecule has 0 spiro atoms. The monoisotopic (exact) mass is 429 g/mol. The number of benzene rings is 1. The maximum absolute atomic E-state index is 11.7. The average molecular weight is 430 g/mol. The third kappa shape index (κ3) is 5.33. The smallest absolute Gasteiger partial charge is 0.341 e. The number of hydroxylamine groups is 2. The maximum Gasteiger partial charge on any atom is 0.341 e. The average Bonchev–Trinajstić information content (AvgIpc) is 2.55. The van der Waals surface area contributed by atoms with Crippen LogP contribution in [0.4, 0.5) is 0 Å². The van der Waals surface area contributed by atoms with Gasteiger partial charge in [0.25, 0.3) is 0 Å². The number of carbonyl (C=O) groups excluding carboxylic acids is 1. The summed E-state index contributed by atoms with van der Waals surface area (Å²) in [6.07, 6.45) is 0.564. The van der Waals surface area contributed by atoms with Gasteiger partial charge in [0.1, 0.15) is 11.3 Å². The summed E-state index contributed by atoms with van der Waals surface area (Å²) in [6, 6.07) is 6.89. The van der Waals surface area contributed by atoms with Crippen LogP contribution < -0.4 is 16.2 Å². The highest BCUT2D eigenvalue weighted by Crippen LogP contribution is 2.21. The quantitative estimate of drug-likeness (QED) is 0.495. The molecule has 0 aromatic heterocycles. The van der Waals surface area contributed by atoms with E-state index in [0.717, 1.165) is 0 Å². The zero-order valence-electron chi connectivity index (χ0n) is 15.0. The molecule has 1 aromatic rings. The van der Waals surface area contributed by atoms with Crippen LogP contribution in [-0.2, 0) is 9.57 Å². The largest absolute Gasteiger partial charge is 0.493 e. The Balaban J connectivity index is 0.00000338. The van der Waals surface area contributed by atoms with Gasteiger partial charge < -0.3 is 20.9 Å². The molecule has 0 radical (unpaired) electrons. The summed E-state index contributed by atoms with van der Waals surface area (Å²) in [6.45, 7) is 4.30. The third-order valence-corrected chi connectivity index (χ3v) is 3.38. The molecule has 2 rings (SSSR count). The fourth-order valence-electron chi connectivity index (χ4n) is 2.29. The Morgan fingerprint density at radius 1 is 1.23 bits per heavy atom. The number of nitrogens with zero attached hydrogens (tertiary/aromatic N) is 3. The lowest BCUT2D eigenvalue weighted by Crippen LogP contribution is -2.53. The molecule has 0 unspecified atom stereocenters. The van der Waals surface area contributed by atoms with Gasteiger partial charge in [0, 0.05) is 6.42 Å². The molecule has 1 aliphatic heterocycles. The van der Waals surface area contributed by atoms with Crippen molar-refractivity contribution in [1.29, 1.82) is 0 Å². The first kappa shape index (κ1) is 21.7. The molecule has 10 heteroatoms. The van der Waals surface area contributed by atoms with E-state index < -0.39 is 11.6 Å². The number of nitrogens with two attached hydrogens (primary N) is 2. The van der Waals surface area contributed by atoms with E-state index in [0.29, 0.717) is 30.9 Å². The Morgan fingerprint density at radius 3 is 2.58 bits per heavy atom. The van der Waals surface area contributed by atoms with E-state index in [9.17, 15) is 4.79 Å². The molecule has 0 saturated heterocycles. The van der Waals surface area contributed by atoms with Crippen molar-refractivity contribution in [1.82, 2.24) is 5.06 Å². The molecule has 0 amide bonds. The van der Waals surface area contributed by atoms with Gasteiger partial charge in [-0.3, -0.25) is 4.84 Å². The number of aliphatic imine (C=N–C) groups is 2. The van der Waals surface area contributed by atoms with Crippen molar-refractivity contribution in [2.45, 2.75) is 25.9 Å². The topological polar surface area (TPSA) is 125 Å². The van der Waals surface area contributed by atoms with Gasteiger partial charge in [-0.2, -0.15) is 10.1 Å². The van der Waals surface area contributed by atoms with Crippen molar-refractivity contribution in [2.24, 2.45) is 21.5 Å². The molecule has 0 saturated carbocycles. The Labute approximate surface area is 162 Å². The first-order valence-corrected chi connectivity index (χ1v) is 7.78. The van der Waals surface area contributed by atoms with Crippen LogP contribution >= 0.6 is 17.0 Å². The van der Waals surface area contributed by atoms with Crippen LogP contribution in [0.15, 0.2) is 34.3 Å². The van der Waals surface area contributed by atoms with Crippen molar-refractivity contribution in [3.63, 3.8) is 0 Å². The first-order chi connectivity index (χ1) is 11.8. The van der Waals surface area contributed by atoms with Crippen molar-refractivity contribution in [3.8, 4) is 5.75 Å². The number of carbonyl (C=O) groups is 1. The van der Waals surface area contributed by atoms with E-state index >= 15 is 0 Å². The Morgan fingerprint density at radius 2 is 1.92 bits per heavy atom. The second kappa shape index (κ2) is 9.39. The molecular formula is C16H24BrN5O4.